The van der Waals surface area contributed by atoms with E-state index in [2.05, 4.69) is 10.4 Å². The Balaban J connectivity index is 1.82. The van der Waals surface area contributed by atoms with E-state index in [-0.39, 0.29) is 28.9 Å². The van der Waals surface area contributed by atoms with Crippen molar-refractivity contribution in [2.24, 2.45) is 0 Å². The van der Waals surface area contributed by atoms with E-state index in [9.17, 15) is 27.6 Å². The van der Waals surface area contributed by atoms with E-state index in [1.807, 2.05) is 0 Å². The van der Waals surface area contributed by atoms with Gasteiger partial charge in [0.25, 0.3) is 11.7 Å². The number of hydrogen-bond donors (Lipinski definition) is 1. The van der Waals surface area contributed by atoms with Crippen LogP contribution in [0.25, 0.3) is 5.69 Å². The summed E-state index contributed by atoms with van der Waals surface area (Å²) in [7, 11) is 0. The summed E-state index contributed by atoms with van der Waals surface area (Å²) in [5.41, 5.74) is -0.0299. The molecule has 0 spiro atoms. The largest absolute Gasteiger partial charge is 0.416 e. The molecule has 1 N–H and O–H groups in total. The molecule has 0 aliphatic carbocycles. The van der Waals surface area contributed by atoms with Gasteiger partial charge in [-0.2, -0.15) is 18.3 Å². The van der Waals surface area contributed by atoms with Crippen LogP contribution in [0.3, 0.4) is 0 Å². The molecule has 1 fully saturated rings. The summed E-state index contributed by atoms with van der Waals surface area (Å²) in [5, 5.41) is 7.01. The molecule has 0 atom stereocenters. The zero-order valence-corrected chi connectivity index (χ0v) is 17.4. The summed E-state index contributed by atoms with van der Waals surface area (Å²) in [6.45, 7) is 5.17. The Kier molecular flexibility index (Phi) is 6.19. The van der Waals surface area contributed by atoms with Gasteiger partial charge in [0.05, 0.1) is 28.2 Å². The van der Waals surface area contributed by atoms with Crippen molar-refractivity contribution in [3.05, 3.63) is 46.8 Å². The summed E-state index contributed by atoms with van der Waals surface area (Å²) in [6.07, 6.45) is -3.43. The van der Waals surface area contributed by atoms with Crippen LogP contribution in [0.5, 0.6) is 0 Å². The number of amides is 2. The number of nitrogens with zero attached hydrogens (tertiary/aromatic N) is 3. The standard InChI is InChI=1S/C21H23F3N4O3/c1-12-18(19(30)20(31)27-9-7-16(8-10-27)25-14(3)29)13(2)28(26-12)17-6-4-5-15(11-17)21(22,23)24/h4-6,11,16H,7-10H2,1-3H3,(H,25,29). The first kappa shape index (κ1) is 22.5. The molecule has 0 saturated carbocycles. The smallest absolute Gasteiger partial charge is 0.353 e. The van der Waals surface area contributed by atoms with Gasteiger partial charge in [0.15, 0.2) is 0 Å². The van der Waals surface area contributed by atoms with Crippen molar-refractivity contribution in [2.45, 2.75) is 45.8 Å². The average Bonchev–Trinajstić information content (AvgIpc) is 3.00. The number of carbonyl (C=O) groups excluding carboxylic acids is 3. The van der Waals surface area contributed by atoms with E-state index in [1.54, 1.807) is 13.8 Å². The van der Waals surface area contributed by atoms with Crippen molar-refractivity contribution >= 4 is 17.6 Å². The van der Waals surface area contributed by atoms with Gasteiger partial charge in [0.1, 0.15) is 0 Å². The number of piperidine rings is 1. The minimum Gasteiger partial charge on any atom is -0.353 e. The highest BCUT2D eigenvalue weighted by molar-refractivity contribution is 6.43. The van der Waals surface area contributed by atoms with Crippen molar-refractivity contribution in [3.63, 3.8) is 0 Å². The second-order valence-electron chi connectivity index (χ2n) is 7.60. The van der Waals surface area contributed by atoms with Crippen molar-refractivity contribution in [3.8, 4) is 5.69 Å². The Morgan fingerprint density at radius 2 is 1.77 bits per heavy atom. The number of nitrogens with one attached hydrogen (secondary N) is 1. The molecule has 31 heavy (non-hydrogen) atoms. The number of hydrogen-bond acceptors (Lipinski definition) is 4. The summed E-state index contributed by atoms with van der Waals surface area (Å²) >= 11 is 0. The first-order chi connectivity index (χ1) is 14.5. The molecule has 1 aliphatic heterocycles. The van der Waals surface area contributed by atoms with Crippen LogP contribution in [0, 0.1) is 13.8 Å². The van der Waals surface area contributed by atoms with Crippen LogP contribution in [0.4, 0.5) is 13.2 Å². The molecular weight excluding hydrogens is 413 g/mol. The first-order valence-electron chi connectivity index (χ1n) is 9.83. The third-order valence-corrected chi connectivity index (χ3v) is 5.32. The van der Waals surface area contributed by atoms with Crippen LogP contribution in [0.1, 0.15) is 47.1 Å². The van der Waals surface area contributed by atoms with Gasteiger partial charge in [-0.1, -0.05) is 6.07 Å². The molecule has 1 aromatic carbocycles. The second-order valence-corrected chi connectivity index (χ2v) is 7.60. The van der Waals surface area contributed by atoms with Gasteiger partial charge in [0.2, 0.25) is 5.91 Å². The molecule has 0 unspecified atom stereocenters. The Morgan fingerprint density at radius 1 is 1.13 bits per heavy atom. The molecule has 0 bridgehead atoms. The van der Waals surface area contributed by atoms with Crippen molar-refractivity contribution in [1.29, 1.82) is 0 Å². The van der Waals surface area contributed by atoms with Gasteiger partial charge >= 0.3 is 6.18 Å². The molecule has 1 aliphatic rings. The molecule has 1 saturated heterocycles. The van der Waals surface area contributed by atoms with Gasteiger partial charge in [0, 0.05) is 26.1 Å². The Hall–Kier alpha value is -3.17. The third kappa shape index (κ3) is 4.78. The van der Waals surface area contributed by atoms with E-state index in [4.69, 9.17) is 0 Å². The number of benzene rings is 1. The second kappa shape index (κ2) is 8.52. The number of aryl methyl sites for hydroxylation is 1. The van der Waals surface area contributed by atoms with Crippen LogP contribution < -0.4 is 5.32 Å². The van der Waals surface area contributed by atoms with Crippen LogP contribution >= 0.6 is 0 Å². The lowest BCUT2D eigenvalue weighted by molar-refractivity contribution is -0.137. The number of alkyl halides is 3. The van der Waals surface area contributed by atoms with Crippen LogP contribution in [-0.4, -0.2) is 51.4 Å². The highest BCUT2D eigenvalue weighted by Crippen LogP contribution is 2.31. The fraction of sp³-hybridized carbons (Fsp3) is 0.429. The lowest BCUT2D eigenvalue weighted by atomic mass is 10.0. The summed E-state index contributed by atoms with van der Waals surface area (Å²) in [6, 6.07) is 4.58. The SMILES string of the molecule is CC(=O)NC1CCN(C(=O)C(=O)c2c(C)nn(-c3cccc(C(F)(F)F)c3)c2C)CC1. The van der Waals surface area contributed by atoms with Crippen LogP contribution in [0.15, 0.2) is 24.3 Å². The fourth-order valence-corrected chi connectivity index (χ4v) is 3.80. The number of rotatable bonds is 4. The number of carbonyl (C=O) groups is 3. The predicted molar refractivity (Wildman–Crippen MR) is 106 cm³/mol. The molecule has 3 rings (SSSR count). The monoisotopic (exact) mass is 436 g/mol. The highest BCUT2D eigenvalue weighted by Gasteiger charge is 2.33. The molecule has 2 aromatic rings. The number of likely N-dealkylation sites (tertiary alicyclic amines) is 1. The van der Waals surface area contributed by atoms with Gasteiger partial charge in [-0.15, -0.1) is 0 Å². The maximum atomic E-state index is 13.0. The zero-order chi connectivity index (χ0) is 22.9. The fourth-order valence-electron chi connectivity index (χ4n) is 3.80. The predicted octanol–water partition coefficient (Wildman–Crippen LogP) is 2.82. The molecule has 166 valence electrons. The number of Topliss-reactive ketones (excluding diaryl/α,β-unsaturated/α-hetero) is 1. The minimum absolute atomic E-state index is 0.0382. The van der Waals surface area contributed by atoms with E-state index in [0.717, 1.165) is 12.1 Å². The lowest BCUT2D eigenvalue weighted by Crippen LogP contribution is -2.48. The quantitative estimate of drug-likeness (QED) is 0.590. The summed E-state index contributed by atoms with van der Waals surface area (Å²) < 4.78 is 40.4. The van der Waals surface area contributed by atoms with Gasteiger partial charge in [-0.25, -0.2) is 4.68 Å². The Bertz CT molecular complexity index is 1020. The third-order valence-electron chi connectivity index (χ3n) is 5.32. The van der Waals surface area contributed by atoms with Gasteiger partial charge in [-0.05, 0) is 44.9 Å². The molecule has 2 heterocycles. The molecule has 2 amide bonds. The van der Waals surface area contributed by atoms with E-state index in [0.29, 0.717) is 31.6 Å². The average molecular weight is 436 g/mol. The normalized spacial score (nSPS) is 15.1. The Morgan fingerprint density at radius 3 is 2.35 bits per heavy atom. The molecular formula is C21H23F3N4O3. The van der Waals surface area contributed by atoms with Gasteiger partial charge in [-0.3, -0.25) is 14.4 Å². The number of aromatic nitrogens is 2. The Labute approximate surface area is 177 Å². The summed E-state index contributed by atoms with van der Waals surface area (Å²) in [5.74, 6) is -1.57. The molecule has 1 aromatic heterocycles. The highest BCUT2D eigenvalue weighted by atomic mass is 19.4. The van der Waals surface area contributed by atoms with Crippen LogP contribution in [-0.2, 0) is 15.8 Å². The molecule has 10 heteroatoms. The molecule has 7 nitrogen and oxygen atoms in total. The topological polar surface area (TPSA) is 84.3 Å². The van der Waals surface area contributed by atoms with Crippen molar-refractivity contribution in [2.75, 3.05) is 13.1 Å². The maximum Gasteiger partial charge on any atom is 0.416 e. The van der Waals surface area contributed by atoms with Crippen molar-refractivity contribution < 1.29 is 27.6 Å². The van der Waals surface area contributed by atoms with Gasteiger partial charge < -0.3 is 10.2 Å². The van der Waals surface area contributed by atoms with E-state index in [1.165, 1.54) is 28.6 Å². The zero-order valence-electron chi connectivity index (χ0n) is 17.4. The minimum atomic E-state index is -4.51. The lowest BCUT2D eigenvalue weighted by Gasteiger charge is -2.31. The van der Waals surface area contributed by atoms with Crippen molar-refractivity contribution in [1.82, 2.24) is 20.0 Å². The van der Waals surface area contributed by atoms with Crippen LogP contribution in [0.2, 0.25) is 0 Å². The maximum absolute atomic E-state index is 13.0. The van der Waals surface area contributed by atoms with E-state index < -0.39 is 23.4 Å². The number of halogens is 3. The molecule has 0 radical (unpaired) electrons. The first-order valence-corrected chi connectivity index (χ1v) is 9.83. The van der Waals surface area contributed by atoms with E-state index >= 15 is 0 Å². The summed E-state index contributed by atoms with van der Waals surface area (Å²) in [4.78, 5) is 38.3. The number of ketones is 1.